The van der Waals surface area contributed by atoms with E-state index in [4.69, 9.17) is 4.74 Å². The molecule has 1 atom stereocenters. The van der Waals surface area contributed by atoms with Crippen molar-refractivity contribution in [2.24, 2.45) is 0 Å². The van der Waals surface area contributed by atoms with E-state index in [9.17, 15) is 4.79 Å². The highest BCUT2D eigenvalue weighted by molar-refractivity contribution is 5.91. The summed E-state index contributed by atoms with van der Waals surface area (Å²) in [5.41, 5.74) is 1.90. The molecule has 0 N–H and O–H groups in total. The maximum atomic E-state index is 12.4. The Morgan fingerprint density at radius 2 is 2.13 bits per heavy atom. The molecular formula is C18H19N3O2. The van der Waals surface area contributed by atoms with Crippen LogP contribution in [-0.4, -0.2) is 40.5 Å². The van der Waals surface area contributed by atoms with Gasteiger partial charge in [-0.25, -0.2) is 9.97 Å². The average molecular weight is 309 g/mol. The zero-order valence-electron chi connectivity index (χ0n) is 13.1. The number of amides is 1. The quantitative estimate of drug-likeness (QED) is 0.817. The highest BCUT2D eigenvalue weighted by Crippen LogP contribution is 2.19. The molecule has 3 rings (SSSR count). The smallest absolute Gasteiger partial charge is 0.246 e. The molecule has 1 aromatic heterocycles. The largest absolute Gasteiger partial charge is 0.367 e. The van der Waals surface area contributed by atoms with Crippen LogP contribution in [0.2, 0.25) is 0 Å². The summed E-state index contributed by atoms with van der Waals surface area (Å²) >= 11 is 0. The van der Waals surface area contributed by atoms with Gasteiger partial charge in [-0.2, -0.15) is 0 Å². The Bertz CT molecular complexity index is 700. The Kier molecular flexibility index (Phi) is 4.78. The molecule has 0 bridgehead atoms. The van der Waals surface area contributed by atoms with Crippen molar-refractivity contribution in [3.63, 3.8) is 0 Å². The van der Waals surface area contributed by atoms with Crippen molar-refractivity contribution in [3.05, 3.63) is 65.8 Å². The van der Waals surface area contributed by atoms with E-state index < -0.39 is 0 Å². The van der Waals surface area contributed by atoms with E-state index >= 15 is 0 Å². The number of rotatable bonds is 3. The van der Waals surface area contributed by atoms with Gasteiger partial charge in [0.2, 0.25) is 5.91 Å². The molecule has 5 heteroatoms. The minimum Gasteiger partial charge on any atom is -0.367 e. The van der Waals surface area contributed by atoms with Crippen LogP contribution >= 0.6 is 0 Å². The van der Waals surface area contributed by atoms with Gasteiger partial charge in [0, 0.05) is 24.5 Å². The second-order valence-electron chi connectivity index (χ2n) is 5.44. The molecule has 1 aliphatic rings. The minimum absolute atomic E-state index is 0.0187. The fraction of sp³-hybridized carbons (Fsp3) is 0.278. The first-order valence-electron chi connectivity index (χ1n) is 7.65. The summed E-state index contributed by atoms with van der Waals surface area (Å²) < 4.78 is 5.72. The molecule has 0 saturated carbocycles. The van der Waals surface area contributed by atoms with Gasteiger partial charge in [0.15, 0.2) is 5.82 Å². The second kappa shape index (κ2) is 7.15. The Labute approximate surface area is 135 Å². The van der Waals surface area contributed by atoms with E-state index in [0.29, 0.717) is 25.5 Å². The number of aryl methyl sites for hydroxylation is 1. The first kappa shape index (κ1) is 15.4. The molecular weight excluding hydrogens is 290 g/mol. The van der Waals surface area contributed by atoms with E-state index in [2.05, 4.69) is 9.97 Å². The number of nitrogens with zero attached hydrogens (tertiary/aromatic N) is 3. The highest BCUT2D eigenvalue weighted by atomic mass is 16.5. The maximum absolute atomic E-state index is 12.4. The number of carbonyl (C=O) groups excluding carboxylic acids is 1. The van der Waals surface area contributed by atoms with Crippen LogP contribution in [-0.2, 0) is 9.53 Å². The monoisotopic (exact) mass is 309 g/mol. The van der Waals surface area contributed by atoms with Crippen LogP contribution in [0, 0.1) is 6.92 Å². The van der Waals surface area contributed by atoms with Crippen molar-refractivity contribution < 1.29 is 9.53 Å². The Morgan fingerprint density at radius 1 is 1.30 bits per heavy atom. The van der Waals surface area contributed by atoms with E-state index in [0.717, 1.165) is 11.3 Å². The lowest BCUT2D eigenvalue weighted by atomic mass is 10.2. The topological polar surface area (TPSA) is 55.3 Å². The fourth-order valence-corrected chi connectivity index (χ4v) is 2.47. The first-order valence-corrected chi connectivity index (χ1v) is 7.65. The summed E-state index contributed by atoms with van der Waals surface area (Å²) in [5.74, 6) is 0.615. The predicted octanol–water partition coefficient (Wildman–Crippen LogP) is 2.40. The third-order valence-corrected chi connectivity index (χ3v) is 3.70. The van der Waals surface area contributed by atoms with Crippen LogP contribution in [0.15, 0.2) is 48.7 Å². The van der Waals surface area contributed by atoms with Crippen LogP contribution in [0.5, 0.6) is 0 Å². The molecule has 23 heavy (non-hydrogen) atoms. The van der Waals surface area contributed by atoms with E-state index in [1.165, 1.54) is 0 Å². The predicted molar refractivity (Wildman–Crippen MR) is 87.5 cm³/mol. The summed E-state index contributed by atoms with van der Waals surface area (Å²) in [6, 6.07) is 11.6. The van der Waals surface area contributed by atoms with Crippen LogP contribution < -0.4 is 0 Å². The number of hydrogen-bond donors (Lipinski definition) is 0. The van der Waals surface area contributed by atoms with Crippen molar-refractivity contribution in [3.8, 4) is 0 Å². The van der Waals surface area contributed by atoms with Crippen molar-refractivity contribution in [1.82, 2.24) is 14.9 Å². The third kappa shape index (κ3) is 4.02. The highest BCUT2D eigenvalue weighted by Gasteiger charge is 2.26. The molecule has 5 nitrogen and oxygen atoms in total. The number of morpholine rings is 1. The number of aromatic nitrogens is 2. The normalized spacial score (nSPS) is 18.3. The first-order chi connectivity index (χ1) is 11.2. The molecule has 2 heterocycles. The third-order valence-electron chi connectivity index (χ3n) is 3.70. The lowest BCUT2D eigenvalue weighted by molar-refractivity contribution is -0.134. The van der Waals surface area contributed by atoms with Gasteiger partial charge < -0.3 is 9.64 Å². The molecule has 1 aliphatic heterocycles. The number of benzene rings is 1. The standard InChI is InChI=1S/C18H19N3O2/c1-14-9-10-19-18(20-14)16-13-21(11-12-23-16)17(22)8-7-15-5-3-2-4-6-15/h2-10,16H,11-13H2,1H3/b8-7+/t16-/m0/s1. The van der Waals surface area contributed by atoms with Crippen molar-refractivity contribution in [2.45, 2.75) is 13.0 Å². The van der Waals surface area contributed by atoms with Gasteiger partial charge >= 0.3 is 0 Å². The number of carbonyl (C=O) groups is 1. The molecule has 0 aliphatic carbocycles. The van der Waals surface area contributed by atoms with E-state index in [1.54, 1.807) is 17.2 Å². The van der Waals surface area contributed by atoms with Gasteiger partial charge in [0.25, 0.3) is 0 Å². The summed E-state index contributed by atoms with van der Waals surface area (Å²) in [6.45, 7) is 3.47. The molecule has 118 valence electrons. The van der Waals surface area contributed by atoms with Gasteiger partial charge in [-0.05, 0) is 24.6 Å². The van der Waals surface area contributed by atoms with E-state index in [1.807, 2.05) is 49.4 Å². The van der Waals surface area contributed by atoms with Gasteiger partial charge in [-0.3, -0.25) is 4.79 Å². The minimum atomic E-state index is -0.266. The van der Waals surface area contributed by atoms with Crippen LogP contribution in [0.1, 0.15) is 23.2 Å². The van der Waals surface area contributed by atoms with Gasteiger partial charge in [0.1, 0.15) is 6.10 Å². The average Bonchev–Trinajstić information content (AvgIpc) is 2.61. The van der Waals surface area contributed by atoms with Gasteiger partial charge in [-0.15, -0.1) is 0 Å². The summed E-state index contributed by atoms with van der Waals surface area (Å²) in [5, 5.41) is 0. The fourth-order valence-electron chi connectivity index (χ4n) is 2.47. The van der Waals surface area contributed by atoms with Crippen LogP contribution in [0.4, 0.5) is 0 Å². The summed E-state index contributed by atoms with van der Waals surface area (Å²) in [7, 11) is 0. The summed E-state index contributed by atoms with van der Waals surface area (Å²) in [4.78, 5) is 22.8. The number of ether oxygens (including phenoxy) is 1. The van der Waals surface area contributed by atoms with Crippen molar-refractivity contribution in [2.75, 3.05) is 19.7 Å². The summed E-state index contributed by atoms with van der Waals surface area (Å²) in [6.07, 6.45) is 4.89. The maximum Gasteiger partial charge on any atom is 0.246 e. The van der Waals surface area contributed by atoms with Gasteiger partial charge in [0.05, 0.1) is 13.2 Å². The van der Waals surface area contributed by atoms with Crippen LogP contribution in [0.3, 0.4) is 0 Å². The molecule has 1 saturated heterocycles. The molecule has 1 fully saturated rings. The molecule has 0 spiro atoms. The Morgan fingerprint density at radius 3 is 2.91 bits per heavy atom. The van der Waals surface area contributed by atoms with E-state index in [-0.39, 0.29) is 12.0 Å². The van der Waals surface area contributed by atoms with Crippen molar-refractivity contribution in [1.29, 1.82) is 0 Å². The zero-order valence-corrected chi connectivity index (χ0v) is 13.1. The molecule has 1 aromatic carbocycles. The second-order valence-corrected chi connectivity index (χ2v) is 5.44. The lowest BCUT2D eigenvalue weighted by Gasteiger charge is -2.31. The SMILES string of the molecule is Cc1ccnc([C@@H]2CN(C(=O)/C=C/c3ccccc3)CCO2)n1. The Balaban J connectivity index is 1.66. The number of hydrogen-bond acceptors (Lipinski definition) is 4. The zero-order chi connectivity index (χ0) is 16.1. The van der Waals surface area contributed by atoms with Crippen molar-refractivity contribution >= 4 is 12.0 Å². The lowest BCUT2D eigenvalue weighted by Crippen LogP contribution is -2.42. The van der Waals surface area contributed by atoms with Crippen LogP contribution in [0.25, 0.3) is 6.08 Å². The Hall–Kier alpha value is -2.53. The van der Waals surface area contributed by atoms with Gasteiger partial charge in [-0.1, -0.05) is 30.3 Å². The molecule has 0 radical (unpaired) electrons. The molecule has 2 aromatic rings. The molecule has 1 amide bonds. The molecule has 0 unspecified atom stereocenters.